The summed E-state index contributed by atoms with van der Waals surface area (Å²) >= 11 is 3.16. The highest BCUT2D eigenvalue weighted by atomic mass is 79.9. The van der Waals surface area contributed by atoms with Crippen LogP contribution in [0.2, 0.25) is 0 Å². The van der Waals surface area contributed by atoms with Gasteiger partial charge in [0.2, 0.25) is 5.91 Å². The number of nitrogens with one attached hydrogen (secondary N) is 1. The summed E-state index contributed by atoms with van der Waals surface area (Å²) in [4.78, 5) is 11.7. The van der Waals surface area contributed by atoms with Gasteiger partial charge in [-0.15, -0.1) is 0 Å². The molecule has 4 nitrogen and oxygen atoms in total. The molecule has 1 heterocycles. The second-order valence-corrected chi connectivity index (χ2v) is 5.11. The smallest absolute Gasteiger partial charge is 0.224 e. The Bertz CT molecular complexity index is 597. The molecular weight excluding hydrogens is 313 g/mol. The predicted octanol–water partition coefficient (Wildman–Crippen LogP) is 2.89. The van der Waals surface area contributed by atoms with Crippen molar-refractivity contribution in [1.82, 2.24) is 9.78 Å². The van der Waals surface area contributed by atoms with E-state index in [4.69, 9.17) is 0 Å². The normalized spacial score (nSPS) is 10.5. The number of carbonyl (C=O) groups is 1. The number of carbonyl (C=O) groups excluding carboxylic acids is 1. The van der Waals surface area contributed by atoms with Crippen molar-refractivity contribution < 1.29 is 9.18 Å². The van der Waals surface area contributed by atoms with E-state index in [0.717, 1.165) is 5.56 Å². The lowest BCUT2D eigenvalue weighted by molar-refractivity contribution is -0.116. The molecule has 0 aliphatic heterocycles. The first-order valence-corrected chi connectivity index (χ1v) is 6.56. The lowest BCUT2D eigenvalue weighted by Crippen LogP contribution is -2.13. The molecule has 0 unspecified atom stereocenters. The Kier molecular flexibility index (Phi) is 4.31. The van der Waals surface area contributed by atoms with E-state index in [-0.39, 0.29) is 11.6 Å². The maximum Gasteiger partial charge on any atom is 0.224 e. The molecule has 0 aliphatic carbocycles. The second kappa shape index (κ2) is 5.97. The fourth-order valence-electron chi connectivity index (χ4n) is 1.66. The molecule has 19 heavy (non-hydrogen) atoms. The van der Waals surface area contributed by atoms with Crippen LogP contribution < -0.4 is 5.32 Å². The maximum absolute atomic E-state index is 13.5. The molecule has 0 saturated carbocycles. The highest BCUT2D eigenvalue weighted by Gasteiger charge is 2.08. The molecule has 0 atom stereocenters. The van der Waals surface area contributed by atoms with Gasteiger partial charge < -0.3 is 5.32 Å². The van der Waals surface area contributed by atoms with Crippen molar-refractivity contribution in [2.75, 3.05) is 5.32 Å². The van der Waals surface area contributed by atoms with Crippen molar-refractivity contribution in [3.8, 4) is 0 Å². The molecule has 0 saturated heterocycles. The lowest BCUT2D eigenvalue weighted by atomic mass is 10.2. The van der Waals surface area contributed by atoms with Crippen LogP contribution in [0, 0.1) is 5.82 Å². The lowest BCUT2D eigenvalue weighted by Gasteiger charge is -2.06. The van der Waals surface area contributed by atoms with Crippen LogP contribution in [0.4, 0.5) is 10.1 Å². The largest absolute Gasteiger partial charge is 0.324 e. The first kappa shape index (κ1) is 13.7. The van der Waals surface area contributed by atoms with E-state index >= 15 is 0 Å². The molecule has 2 aromatic rings. The van der Waals surface area contributed by atoms with Gasteiger partial charge in [-0.05, 0) is 30.2 Å². The average molecular weight is 326 g/mol. The van der Waals surface area contributed by atoms with Crippen molar-refractivity contribution in [1.29, 1.82) is 0 Å². The summed E-state index contributed by atoms with van der Waals surface area (Å²) in [6.07, 6.45) is 4.44. The molecule has 0 spiro atoms. The van der Waals surface area contributed by atoms with Crippen LogP contribution in [0.25, 0.3) is 0 Å². The number of aromatic nitrogens is 2. The zero-order valence-corrected chi connectivity index (χ0v) is 11.9. The topological polar surface area (TPSA) is 46.9 Å². The Hall–Kier alpha value is -1.69. The number of hydrogen-bond acceptors (Lipinski definition) is 2. The summed E-state index contributed by atoms with van der Waals surface area (Å²) in [6.45, 7) is 0. The molecule has 0 aliphatic rings. The zero-order chi connectivity index (χ0) is 13.8. The van der Waals surface area contributed by atoms with Gasteiger partial charge in [-0.25, -0.2) is 4.39 Å². The summed E-state index contributed by atoms with van der Waals surface area (Å²) in [5.41, 5.74) is 1.17. The van der Waals surface area contributed by atoms with Gasteiger partial charge in [0.05, 0.1) is 11.9 Å². The second-order valence-electron chi connectivity index (χ2n) is 4.19. The first-order valence-electron chi connectivity index (χ1n) is 5.77. The van der Waals surface area contributed by atoms with E-state index < -0.39 is 5.82 Å². The van der Waals surface area contributed by atoms with Crippen molar-refractivity contribution >= 4 is 27.5 Å². The van der Waals surface area contributed by atoms with Crippen LogP contribution in [0.1, 0.15) is 12.0 Å². The minimum Gasteiger partial charge on any atom is -0.324 e. The molecule has 6 heteroatoms. The predicted molar refractivity (Wildman–Crippen MR) is 74.3 cm³/mol. The van der Waals surface area contributed by atoms with Gasteiger partial charge in [0.1, 0.15) is 5.82 Å². The SMILES string of the molecule is Cn1cc(CCC(=O)Nc2ccc(Br)cc2F)cn1. The van der Waals surface area contributed by atoms with E-state index in [1.54, 1.807) is 16.9 Å². The zero-order valence-electron chi connectivity index (χ0n) is 10.4. The Morgan fingerprint density at radius 2 is 2.32 bits per heavy atom. The van der Waals surface area contributed by atoms with Crippen molar-refractivity contribution in [2.24, 2.45) is 7.05 Å². The number of anilines is 1. The van der Waals surface area contributed by atoms with Crippen LogP contribution in [-0.4, -0.2) is 15.7 Å². The number of rotatable bonds is 4. The molecule has 1 aromatic heterocycles. The van der Waals surface area contributed by atoms with Crippen LogP contribution in [-0.2, 0) is 18.3 Å². The van der Waals surface area contributed by atoms with Crippen LogP contribution in [0.15, 0.2) is 35.1 Å². The van der Waals surface area contributed by atoms with Crippen molar-refractivity contribution in [2.45, 2.75) is 12.8 Å². The Morgan fingerprint density at radius 1 is 1.53 bits per heavy atom. The summed E-state index contributed by atoms with van der Waals surface area (Å²) in [5, 5.41) is 6.57. The molecule has 0 radical (unpaired) electrons. The Morgan fingerprint density at radius 3 is 2.95 bits per heavy atom. The van der Waals surface area contributed by atoms with E-state index in [0.29, 0.717) is 17.3 Å². The monoisotopic (exact) mass is 325 g/mol. The molecule has 100 valence electrons. The standard InChI is InChI=1S/C13H13BrFN3O/c1-18-8-9(7-16-18)2-5-13(19)17-12-4-3-10(14)6-11(12)15/h3-4,6-8H,2,5H2,1H3,(H,17,19). The number of benzene rings is 1. The molecule has 1 aromatic carbocycles. The number of aryl methyl sites for hydroxylation is 2. The number of halogens is 2. The quantitative estimate of drug-likeness (QED) is 0.939. The summed E-state index contributed by atoms with van der Waals surface area (Å²) in [7, 11) is 1.82. The highest BCUT2D eigenvalue weighted by molar-refractivity contribution is 9.10. The maximum atomic E-state index is 13.5. The molecule has 0 fully saturated rings. The van der Waals surface area contributed by atoms with Gasteiger partial charge in [-0.1, -0.05) is 15.9 Å². The van der Waals surface area contributed by atoms with Crippen LogP contribution >= 0.6 is 15.9 Å². The van der Waals surface area contributed by atoms with Crippen LogP contribution in [0.5, 0.6) is 0 Å². The van der Waals surface area contributed by atoms with Gasteiger partial charge in [0.15, 0.2) is 0 Å². The third-order valence-electron chi connectivity index (χ3n) is 2.60. The van der Waals surface area contributed by atoms with Crippen molar-refractivity contribution in [3.63, 3.8) is 0 Å². The third kappa shape index (κ3) is 3.89. The highest BCUT2D eigenvalue weighted by Crippen LogP contribution is 2.19. The van der Waals surface area contributed by atoms with E-state index in [2.05, 4.69) is 26.3 Å². The van der Waals surface area contributed by atoms with E-state index in [9.17, 15) is 9.18 Å². The van der Waals surface area contributed by atoms with Crippen molar-refractivity contribution in [3.05, 3.63) is 46.4 Å². The van der Waals surface area contributed by atoms with Gasteiger partial charge in [0.25, 0.3) is 0 Å². The van der Waals surface area contributed by atoms with Gasteiger partial charge in [0, 0.05) is 24.1 Å². The number of hydrogen-bond donors (Lipinski definition) is 1. The number of nitrogens with zero attached hydrogens (tertiary/aromatic N) is 2. The summed E-state index contributed by atoms with van der Waals surface area (Å²) < 4.78 is 15.8. The van der Waals surface area contributed by atoms with Gasteiger partial charge >= 0.3 is 0 Å². The minimum atomic E-state index is -0.455. The summed E-state index contributed by atoms with van der Waals surface area (Å²) in [6, 6.07) is 4.53. The Balaban J connectivity index is 1.90. The number of amides is 1. The Labute approximate surface area is 118 Å². The fourth-order valence-corrected chi connectivity index (χ4v) is 2.00. The minimum absolute atomic E-state index is 0.194. The molecule has 2 rings (SSSR count). The average Bonchev–Trinajstić information content (AvgIpc) is 2.76. The van der Waals surface area contributed by atoms with Crippen LogP contribution in [0.3, 0.4) is 0 Å². The van der Waals surface area contributed by atoms with Gasteiger partial charge in [-0.2, -0.15) is 5.10 Å². The fraction of sp³-hybridized carbons (Fsp3) is 0.231. The molecule has 0 bridgehead atoms. The van der Waals surface area contributed by atoms with E-state index in [1.165, 1.54) is 12.1 Å². The van der Waals surface area contributed by atoms with E-state index in [1.807, 2.05) is 13.2 Å². The first-order chi connectivity index (χ1) is 9.04. The molecular formula is C13H13BrFN3O. The molecule has 1 N–H and O–H groups in total. The third-order valence-corrected chi connectivity index (χ3v) is 3.10. The summed E-state index contributed by atoms with van der Waals surface area (Å²) in [5.74, 6) is -0.672. The van der Waals surface area contributed by atoms with Gasteiger partial charge in [-0.3, -0.25) is 9.48 Å². The molecule has 1 amide bonds.